The SMILES string of the molecule is Cn1nc(-c2ccc(N3CCCCC3)cc2)cc1N. The number of anilines is 2. The zero-order chi connectivity index (χ0) is 13.2. The third kappa shape index (κ3) is 2.43. The van der Waals surface area contributed by atoms with E-state index >= 15 is 0 Å². The standard InChI is InChI=1S/C15H20N4/c1-18-15(16)11-14(17-18)12-5-7-13(8-6-12)19-9-3-2-4-10-19/h5-8,11H,2-4,9-10,16H2,1H3. The molecule has 1 aliphatic rings. The number of benzene rings is 1. The van der Waals surface area contributed by atoms with E-state index in [2.05, 4.69) is 34.3 Å². The molecule has 1 aliphatic heterocycles. The maximum Gasteiger partial charge on any atom is 0.121 e. The van der Waals surface area contributed by atoms with Crippen LogP contribution in [0.25, 0.3) is 11.3 Å². The van der Waals surface area contributed by atoms with Gasteiger partial charge in [-0.05, 0) is 31.4 Å². The van der Waals surface area contributed by atoms with Gasteiger partial charge in [-0.3, -0.25) is 4.68 Å². The van der Waals surface area contributed by atoms with E-state index in [-0.39, 0.29) is 0 Å². The maximum atomic E-state index is 5.82. The Bertz CT molecular complexity index is 531. The van der Waals surface area contributed by atoms with Crippen molar-refractivity contribution in [3.05, 3.63) is 30.3 Å². The van der Waals surface area contributed by atoms with Gasteiger partial charge in [0.1, 0.15) is 5.82 Å². The van der Waals surface area contributed by atoms with E-state index < -0.39 is 0 Å². The summed E-state index contributed by atoms with van der Waals surface area (Å²) in [7, 11) is 1.86. The summed E-state index contributed by atoms with van der Waals surface area (Å²) in [4.78, 5) is 2.46. The average Bonchev–Trinajstić information content (AvgIpc) is 2.80. The Labute approximate surface area is 113 Å². The van der Waals surface area contributed by atoms with Gasteiger partial charge in [-0.1, -0.05) is 12.1 Å². The Morgan fingerprint density at radius 2 is 1.74 bits per heavy atom. The minimum atomic E-state index is 0.690. The molecule has 1 aromatic carbocycles. The van der Waals surface area contributed by atoms with Crippen LogP contribution in [0.15, 0.2) is 30.3 Å². The molecule has 100 valence electrons. The summed E-state index contributed by atoms with van der Waals surface area (Å²) < 4.78 is 1.70. The fourth-order valence-corrected chi connectivity index (χ4v) is 2.62. The van der Waals surface area contributed by atoms with E-state index in [1.54, 1.807) is 4.68 Å². The zero-order valence-electron chi connectivity index (χ0n) is 11.3. The van der Waals surface area contributed by atoms with Crippen LogP contribution in [0, 0.1) is 0 Å². The first-order chi connectivity index (χ1) is 9.24. The number of hydrogen-bond acceptors (Lipinski definition) is 3. The Kier molecular flexibility index (Phi) is 3.15. The molecule has 1 aromatic heterocycles. The summed E-state index contributed by atoms with van der Waals surface area (Å²) in [6, 6.07) is 10.5. The van der Waals surface area contributed by atoms with Crippen LogP contribution in [0.3, 0.4) is 0 Å². The lowest BCUT2D eigenvalue weighted by Gasteiger charge is -2.28. The van der Waals surface area contributed by atoms with E-state index in [1.165, 1.54) is 38.0 Å². The van der Waals surface area contributed by atoms with E-state index in [0.717, 1.165) is 11.3 Å². The van der Waals surface area contributed by atoms with E-state index in [4.69, 9.17) is 5.73 Å². The summed E-state index contributed by atoms with van der Waals surface area (Å²) in [5, 5.41) is 4.40. The van der Waals surface area contributed by atoms with Gasteiger partial charge in [-0.15, -0.1) is 0 Å². The Hall–Kier alpha value is -1.97. The summed E-state index contributed by atoms with van der Waals surface area (Å²) in [5.41, 5.74) is 9.18. The van der Waals surface area contributed by atoms with Crippen molar-refractivity contribution in [2.75, 3.05) is 23.7 Å². The number of piperidine rings is 1. The number of aryl methyl sites for hydroxylation is 1. The molecule has 0 radical (unpaired) electrons. The monoisotopic (exact) mass is 256 g/mol. The molecule has 0 spiro atoms. The van der Waals surface area contributed by atoms with E-state index in [9.17, 15) is 0 Å². The number of nitrogens with two attached hydrogens (primary N) is 1. The molecule has 4 heteroatoms. The van der Waals surface area contributed by atoms with Gasteiger partial charge in [-0.2, -0.15) is 5.10 Å². The molecule has 0 aliphatic carbocycles. The maximum absolute atomic E-state index is 5.82. The van der Waals surface area contributed by atoms with Crippen LogP contribution in [0.2, 0.25) is 0 Å². The molecular formula is C15H20N4. The van der Waals surface area contributed by atoms with Crippen molar-refractivity contribution in [3.63, 3.8) is 0 Å². The number of nitrogen functional groups attached to an aromatic ring is 1. The fraction of sp³-hybridized carbons (Fsp3) is 0.400. The van der Waals surface area contributed by atoms with Gasteiger partial charge in [0.15, 0.2) is 0 Å². The van der Waals surface area contributed by atoms with Crippen molar-refractivity contribution in [3.8, 4) is 11.3 Å². The first-order valence-electron chi connectivity index (χ1n) is 6.89. The van der Waals surface area contributed by atoms with Crippen LogP contribution in [0.4, 0.5) is 11.5 Å². The molecule has 0 bridgehead atoms. The van der Waals surface area contributed by atoms with Crippen molar-refractivity contribution in [1.29, 1.82) is 0 Å². The number of nitrogens with zero attached hydrogens (tertiary/aromatic N) is 3. The highest BCUT2D eigenvalue weighted by Crippen LogP contribution is 2.25. The molecule has 2 heterocycles. The van der Waals surface area contributed by atoms with Crippen molar-refractivity contribution >= 4 is 11.5 Å². The van der Waals surface area contributed by atoms with Gasteiger partial charge in [-0.25, -0.2) is 0 Å². The summed E-state index contributed by atoms with van der Waals surface area (Å²) in [6.07, 6.45) is 3.97. The zero-order valence-corrected chi connectivity index (χ0v) is 11.3. The second-order valence-electron chi connectivity index (χ2n) is 5.17. The van der Waals surface area contributed by atoms with Crippen LogP contribution in [0.5, 0.6) is 0 Å². The predicted octanol–water partition coefficient (Wildman–Crippen LogP) is 2.66. The van der Waals surface area contributed by atoms with E-state index in [1.807, 2.05) is 13.1 Å². The third-order valence-corrected chi connectivity index (χ3v) is 3.80. The average molecular weight is 256 g/mol. The van der Waals surface area contributed by atoms with Gasteiger partial charge in [0.05, 0.1) is 5.69 Å². The second-order valence-corrected chi connectivity index (χ2v) is 5.17. The molecule has 2 aromatic rings. The molecule has 0 amide bonds. The molecule has 1 fully saturated rings. The Balaban J connectivity index is 1.82. The molecule has 3 rings (SSSR count). The van der Waals surface area contributed by atoms with Crippen LogP contribution in [0.1, 0.15) is 19.3 Å². The minimum Gasteiger partial charge on any atom is -0.384 e. The van der Waals surface area contributed by atoms with Gasteiger partial charge in [0.2, 0.25) is 0 Å². The first kappa shape index (κ1) is 12.1. The number of hydrogen-bond donors (Lipinski definition) is 1. The lowest BCUT2D eigenvalue weighted by Crippen LogP contribution is -2.29. The number of rotatable bonds is 2. The van der Waals surface area contributed by atoms with Crippen molar-refractivity contribution in [1.82, 2.24) is 9.78 Å². The second kappa shape index (κ2) is 4.96. The van der Waals surface area contributed by atoms with Crippen LogP contribution < -0.4 is 10.6 Å². The van der Waals surface area contributed by atoms with Crippen molar-refractivity contribution in [2.45, 2.75) is 19.3 Å². The molecular weight excluding hydrogens is 236 g/mol. The van der Waals surface area contributed by atoms with Gasteiger partial charge >= 0.3 is 0 Å². The highest BCUT2D eigenvalue weighted by molar-refractivity contribution is 5.65. The molecule has 19 heavy (non-hydrogen) atoms. The Morgan fingerprint density at radius 1 is 1.05 bits per heavy atom. The summed E-state index contributed by atoms with van der Waals surface area (Å²) in [5.74, 6) is 0.690. The predicted molar refractivity (Wildman–Crippen MR) is 79.1 cm³/mol. The largest absolute Gasteiger partial charge is 0.384 e. The lowest BCUT2D eigenvalue weighted by molar-refractivity contribution is 0.578. The molecule has 4 nitrogen and oxygen atoms in total. The topological polar surface area (TPSA) is 47.1 Å². The molecule has 0 saturated carbocycles. The minimum absolute atomic E-state index is 0.690. The quantitative estimate of drug-likeness (QED) is 0.898. The van der Waals surface area contributed by atoms with Crippen LogP contribution in [-0.4, -0.2) is 22.9 Å². The van der Waals surface area contributed by atoms with Gasteiger partial charge < -0.3 is 10.6 Å². The molecule has 0 unspecified atom stereocenters. The van der Waals surface area contributed by atoms with Crippen LogP contribution in [-0.2, 0) is 7.05 Å². The molecule has 1 saturated heterocycles. The van der Waals surface area contributed by atoms with E-state index in [0.29, 0.717) is 5.82 Å². The lowest BCUT2D eigenvalue weighted by atomic mass is 10.1. The Morgan fingerprint density at radius 3 is 2.32 bits per heavy atom. The summed E-state index contributed by atoms with van der Waals surface area (Å²) in [6.45, 7) is 2.35. The fourth-order valence-electron chi connectivity index (χ4n) is 2.62. The highest BCUT2D eigenvalue weighted by Gasteiger charge is 2.11. The van der Waals surface area contributed by atoms with Gasteiger partial charge in [0, 0.05) is 37.5 Å². The van der Waals surface area contributed by atoms with Crippen molar-refractivity contribution < 1.29 is 0 Å². The normalized spacial score (nSPS) is 15.7. The van der Waals surface area contributed by atoms with Crippen LogP contribution >= 0.6 is 0 Å². The molecule has 2 N–H and O–H groups in total. The smallest absolute Gasteiger partial charge is 0.121 e. The van der Waals surface area contributed by atoms with Crippen molar-refractivity contribution in [2.24, 2.45) is 7.05 Å². The summed E-state index contributed by atoms with van der Waals surface area (Å²) >= 11 is 0. The first-order valence-corrected chi connectivity index (χ1v) is 6.89. The molecule has 0 atom stereocenters. The highest BCUT2D eigenvalue weighted by atomic mass is 15.3. The third-order valence-electron chi connectivity index (χ3n) is 3.80. The van der Waals surface area contributed by atoms with Gasteiger partial charge in [0.25, 0.3) is 0 Å². The number of aromatic nitrogens is 2.